The van der Waals surface area contributed by atoms with Gasteiger partial charge in [-0.25, -0.2) is 4.79 Å². The van der Waals surface area contributed by atoms with Gasteiger partial charge in [-0.2, -0.15) is 0 Å². The summed E-state index contributed by atoms with van der Waals surface area (Å²) in [6.07, 6.45) is 3.77. The number of benzene rings is 1. The normalized spacial score (nSPS) is 21.1. The second kappa shape index (κ2) is 8.20. The molecular weight excluding hydrogens is 292 g/mol. The van der Waals surface area contributed by atoms with Crippen LogP contribution < -0.4 is 10.1 Å². The van der Waals surface area contributed by atoms with Crippen LogP contribution in [0.1, 0.15) is 39.5 Å². The zero-order valence-electron chi connectivity index (χ0n) is 14.3. The Balaban J connectivity index is 1.95. The standard InChI is InChI=1S/C18H28N2O3/c1-13(2)23-17-11-7-5-9-15(17)19-18(22)20(3)12-14-8-4-6-10-16(14)21/h5,7,9,11,13-14,16,21H,4,6,8,10,12H2,1-3H3,(H,19,22). The Morgan fingerprint density at radius 1 is 1.35 bits per heavy atom. The third-order valence-corrected chi connectivity index (χ3v) is 4.22. The Hall–Kier alpha value is -1.75. The Kier molecular flexibility index (Phi) is 6.28. The lowest BCUT2D eigenvalue weighted by Gasteiger charge is -2.31. The van der Waals surface area contributed by atoms with E-state index in [4.69, 9.17) is 4.74 Å². The summed E-state index contributed by atoms with van der Waals surface area (Å²) in [6, 6.07) is 7.25. The molecule has 1 saturated carbocycles. The van der Waals surface area contributed by atoms with Crippen LogP contribution in [0.3, 0.4) is 0 Å². The molecule has 0 bridgehead atoms. The molecular formula is C18H28N2O3. The number of carbonyl (C=O) groups excluding carboxylic acids is 1. The number of aliphatic hydroxyl groups is 1. The molecule has 0 radical (unpaired) electrons. The van der Waals surface area contributed by atoms with Gasteiger partial charge in [0.25, 0.3) is 0 Å². The van der Waals surface area contributed by atoms with Crippen molar-refractivity contribution in [1.29, 1.82) is 0 Å². The van der Waals surface area contributed by atoms with E-state index in [1.54, 1.807) is 11.9 Å². The van der Waals surface area contributed by atoms with E-state index in [2.05, 4.69) is 5.32 Å². The molecule has 2 atom stereocenters. The number of hydrogen-bond donors (Lipinski definition) is 2. The zero-order chi connectivity index (χ0) is 16.8. The van der Waals surface area contributed by atoms with Crippen molar-refractivity contribution in [3.8, 4) is 5.75 Å². The smallest absolute Gasteiger partial charge is 0.321 e. The SMILES string of the molecule is CC(C)Oc1ccccc1NC(=O)N(C)CC1CCCCC1O. The molecule has 0 aromatic heterocycles. The average molecular weight is 320 g/mol. The number of carbonyl (C=O) groups is 1. The summed E-state index contributed by atoms with van der Waals surface area (Å²) in [6.45, 7) is 4.48. The summed E-state index contributed by atoms with van der Waals surface area (Å²) in [4.78, 5) is 14.1. The zero-order valence-corrected chi connectivity index (χ0v) is 14.3. The fraction of sp³-hybridized carbons (Fsp3) is 0.611. The van der Waals surface area contributed by atoms with Crippen LogP contribution in [0.4, 0.5) is 10.5 Å². The van der Waals surface area contributed by atoms with Gasteiger partial charge < -0.3 is 20.1 Å². The fourth-order valence-corrected chi connectivity index (χ4v) is 2.97. The van der Waals surface area contributed by atoms with E-state index in [0.717, 1.165) is 25.7 Å². The summed E-state index contributed by atoms with van der Waals surface area (Å²) in [7, 11) is 1.77. The van der Waals surface area contributed by atoms with Gasteiger partial charge in [-0.15, -0.1) is 0 Å². The van der Waals surface area contributed by atoms with Gasteiger partial charge in [0.05, 0.1) is 17.9 Å². The number of rotatable bonds is 5. The van der Waals surface area contributed by atoms with Crippen LogP contribution in [0.15, 0.2) is 24.3 Å². The lowest BCUT2D eigenvalue weighted by Crippen LogP contribution is -2.40. The van der Waals surface area contributed by atoms with Crippen molar-refractivity contribution in [2.75, 3.05) is 18.9 Å². The lowest BCUT2D eigenvalue weighted by molar-refractivity contribution is 0.0575. The van der Waals surface area contributed by atoms with Gasteiger partial charge >= 0.3 is 6.03 Å². The molecule has 2 rings (SSSR count). The Bertz CT molecular complexity index is 519. The average Bonchev–Trinajstić information content (AvgIpc) is 2.51. The van der Waals surface area contributed by atoms with Gasteiger partial charge in [-0.1, -0.05) is 25.0 Å². The number of anilines is 1. The van der Waals surface area contributed by atoms with Gasteiger partial charge in [-0.3, -0.25) is 0 Å². The molecule has 0 spiro atoms. The van der Waals surface area contributed by atoms with E-state index >= 15 is 0 Å². The first-order chi connectivity index (χ1) is 11.0. The molecule has 1 fully saturated rings. The van der Waals surface area contributed by atoms with Crippen LogP contribution in [0.25, 0.3) is 0 Å². The molecule has 2 unspecified atom stereocenters. The topological polar surface area (TPSA) is 61.8 Å². The van der Waals surface area contributed by atoms with E-state index in [1.807, 2.05) is 38.1 Å². The first kappa shape index (κ1) is 17.6. The number of nitrogens with zero attached hydrogens (tertiary/aromatic N) is 1. The van der Waals surface area contributed by atoms with E-state index < -0.39 is 0 Å². The molecule has 1 aromatic carbocycles. The molecule has 1 aliphatic carbocycles. The number of aliphatic hydroxyl groups excluding tert-OH is 1. The molecule has 0 heterocycles. The van der Waals surface area contributed by atoms with Crippen molar-refractivity contribution in [3.05, 3.63) is 24.3 Å². The van der Waals surface area contributed by atoms with E-state index in [1.165, 1.54) is 0 Å². The third kappa shape index (κ3) is 5.13. The van der Waals surface area contributed by atoms with Crippen molar-refractivity contribution in [2.45, 2.75) is 51.7 Å². The molecule has 1 aliphatic rings. The third-order valence-electron chi connectivity index (χ3n) is 4.22. The summed E-state index contributed by atoms with van der Waals surface area (Å²) in [5.41, 5.74) is 0.669. The molecule has 23 heavy (non-hydrogen) atoms. The second-order valence-electron chi connectivity index (χ2n) is 6.59. The first-order valence-electron chi connectivity index (χ1n) is 8.43. The van der Waals surface area contributed by atoms with Crippen LogP contribution in [-0.4, -0.2) is 41.8 Å². The molecule has 2 amide bonds. The summed E-state index contributed by atoms with van der Waals surface area (Å²) < 4.78 is 5.72. The number of nitrogens with one attached hydrogen (secondary N) is 1. The summed E-state index contributed by atoms with van der Waals surface area (Å²) in [5.74, 6) is 0.837. The number of amides is 2. The van der Waals surface area contributed by atoms with E-state index in [9.17, 15) is 9.90 Å². The number of hydrogen-bond acceptors (Lipinski definition) is 3. The van der Waals surface area contributed by atoms with Gasteiger partial charge in [-0.05, 0) is 38.8 Å². The van der Waals surface area contributed by atoms with Crippen molar-refractivity contribution < 1.29 is 14.6 Å². The minimum absolute atomic E-state index is 0.0446. The maximum absolute atomic E-state index is 12.4. The summed E-state index contributed by atoms with van der Waals surface area (Å²) in [5, 5.41) is 13.0. The number of urea groups is 1. The van der Waals surface area contributed by atoms with Gasteiger partial charge in [0.15, 0.2) is 0 Å². The highest BCUT2D eigenvalue weighted by Crippen LogP contribution is 2.27. The Morgan fingerprint density at radius 3 is 2.74 bits per heavy atom. The lowest BCUT2D eigenvalue weighted by atomic mass is 9.86. The van der Waals surface area contributed by atoms with Crippen molar-refractivity contribution in [2.24, 2.45) is 5.92 Å². The largest absolute Gasteiger partial charge is 0.489 e. The van der Waals surface area contributed by atoms with Gasteiger partial charge in [0.1, 0.15) is 5.75 Å². The number of ether oxygens (including phenoxy) is 1. The Labute approximate surface area is 138 Å². The minimum Gasteiger partial charge on any atom is -0.489 e. The number of para-hydroxylation sites is 2. The van der Waals surface area contributed by atoms with Gasteiger partial charge in [0.2, 0.25) is 0 Å². The molecule has 1 aromatic rings. The highest BCUT2D eigenvalue weighted by Gasteiger charge is 2.25. The summed E-state index contributed by atoms with van der Waals surface area (Å²) >= 11 is 0. The van der Waals surface area contributed by atoms with Crippen LogP contribution in [-0.2, 0) is 0 Å². The fourth-order valence-electron chi connectivity index (χ4n) is 2.97. The molecule has 0 aliphatic heterocycles. The predicted octanol–water partition coefficient (Wildman–Crippen LogP) is 3.49. The van der Waals surface area contributed by atoms with Crippen LogP contribution in [0, 0.1) is 5.92 Å². The highest BCUT2D eigenvalue weighted by molar-refractivity contribution is 5.90. The van der Waals surface area contributed by atoms with E-state index in [0.29, 0.717) is 18.0 Å². The monoisotopic (exact) mass is 320 g/mol. The molecule has 128 valence electrons. The van der Waals surface area contributed by atoms with Crippen molar-refractivity contribution >= 4 is 11.7 Å². The van der Waals surface area contributed by atoms with Gasteiger partial charge in [0, 0.05) is 19.5 Å². The molecule has 5 heteroatoms. The van der Waals surface area contributed by atoms with Crippen LogP contribution >= 0.6 is 0 Å². The first-order valence-corrected chi connectivity index (χ1v) is 8.43. The highest BCUT2D eigenvalue weighted by atomic mass is 16.5. The van der Waals surface area contributed by atoms with Crippen LogP contribution in [0.5, 0.6) is 5.75 Å². The Morgan fingerprint density at radius 2 is 2.04 bits per heavy atom. The van der Waals surface area contributed by atoms with Crippen LogP contribution in [0.2, 0.25) is 0 Å². The van der Waals surface area contributed by atoms with Crippen molar-refractivity contribution in [3.63, 3.8) is 0 Å². The maximum Gasteiger partial charge on any atom is 0.321 e. The quantitative estimate of drug-likeness (QED) is 0.873. The maximum atomic E-state index is 12.4. The second-order valence-corrected chi connectivity index (χ2v) is 6.59. The molecule has 0 saturated heterocycles. The van der Waals surface area contributed by atoms with E-state index in [-0.39, 0.29) is 24.2 Å². The predicted molar refractivity (Wildman–Crippen MR) is 91.8 cm³/mol. The molecule has 5 nitrogen and oxygen atoms in total. The molecule has 2 N–H and O–H groups in total. The minimum atomic E-state index is -0.296. The van der Waals surface area contributed by atoms with Crippen molar-refractivity contribution in [1.82, 2.24) is 4.90 Å².